The molecular formula is C30H42N6O2S. The number of nitrogens with two attached hydrogens (primary N) is 1. The van der Waals surface area contributed by atoms with Crippen molar-refractivity contribution in [1.29, 1.82) is 0 Å². The Hall–Kier alpha value is -2.88. The number of anilines is 1. The van der Waals surface area contributed by atoms with Crippen molar-refractivity contribution in [3.05, 3.63) is 70.7 Å². The molecule has 0 bridgehead atoms. The molecule has 0 saturated carbocycles. The molecule has 1 aliphatic heterocycles. The van der Waals surface area contributed by atoms with E-state index in [0.29, 0.717) is 6.42 Å². The fourth-order valence-electron chi connectivity index (χ4n) is 4.86. The Kier molecular flexibility index (Phi) is 10.8. The molecule has 0 fully saturated rings. The lowest BCUT2D eigenvalue weighted by molar-refractivity contribution is -0.134. The zero-order chi connectivity index (χ0) is 27.6. The molecule has 8 nitrogen and oxygen atoms in total. The number of pyridine rings is 1. The van der Waals surface area contributed by atoms with Gasteiger partial charge in [0, 0.05) is 31.0 Å². The number of carbonyl (C=O) groups excluding carboxylic acids is 1. The molecule has 1 aromatic carbocycles. The number of nitrogens with zero attached hydrogens (tertiary/aromatic N) is 4. The molecule has 0 radical (unpaired) electrons. The van der Waals surface area contributed by atoms with Gasteiger partial charge in [-0.3, -0.25) is 4.68 Å². The third-order valence-electron chi connectivity index (χ3n) is 7.21. The molecular weight excluding hydrogens is 508 g/mol. The second-order valence-electron chi connectivity index (χ2n) is 10.4. The molecule has 0 amide bonds. The second-order valence-corrected chi connectivity index (χ2v) is 11.2. The first-order valence-corrected chi connectivity index (χ1v) is 14.8. The summed E-state index contributed by atoms with van der Waals surface area (Å²) in [6.07, 6.45) is 5.90. The van der Waals surface area contributed by atoms with E-state index in [-0.39, 0.29) is 5.97 Å². The number of aromatic nitrogens is 3. The molecule has 3 heterocycles. The van der Waals surface area contributed by atoms with Gasteiger partial charge >= 0.3 is 5.97 Å². The van der Waals surface area contributed by atoms with E-state index in [1.54, 1.807) is 0 Å². The minimum Gasteiger partial charge on any atom is -0.385 e. The maximum Gasteiger partial charge on any atom is 0.335 e. The molecule has 3 aromatic rings. The third-order valence-corrected chi connectivity index (χ3v) is 8.09. The van der Waals surface area contributed by atoms with Gasteiger partial charge in [0.05, 0.1) is 29.2 Å². The summed E-state index contributed by atoms with van der Waals surface area (Å²) in [6, 6.07) is 13.7. The van der Waals surface area contributed by atoms with Crippen LogP contribution in [-0.2, 0) is 28.4 Å². The van der Waals surface area contributed by atoms with Gasteiger partial charge in [-0.05, 0) is 95.2 Å². The molecule has 210 valence electrons. The van der Waals surface area contributed by atoms with E-state index in [1.807, 2.05) is 38.1 Å². The lowest BCUT2D eigenvalue weighted by Crippen LogP contribution is -2.37. The third kappa shape index (κ3) is 8.81. The van der Waals surface area contributed by atoms with Gasteiger partial charge in [-0.15, -0.1) is 0 Å². The summed E-state index contributed by atoms with van der Waals surface area (Å²) in [5.41, 5.74) is 12.0. The highest BCUT2D eigenvalue weighted by atomic mass is 32.2. The molecule has 1 atom stereocenters. The lowest BCUT2D eigenvalue weighted by atomic mass is 10.1. The maximum absolute atomic E-state index is 12.6. The van der Waals surface area contributed by atoms with Crippen molar-refractivity contribution in [2.45, 2.75) is 76.8 Å². The summed E-state index contributed by atoms with van der Waals surface area (Å²) < 4.78 is 7.50. The smallest absolute Gasteiger partial charge is 0.335 e. The van der Waals surface area contributed by atoms with Crippen LogP contribution in [0.15, 0.2) is 47.4 Å². The van der Waals surface area contributed by atoms with Crippen LogP contribution < -0.4 is 11.1 Å². The minimum absolute atomic E-state index is 0.381. The first kappa shape index (κ1) is 29.1. The first-order valence-electron chi connectivity index (χ1n) is 14.0. The summed E-state index contributed by atoms with van der Waals surface area (Å²) >= 11 is 1.09. The Morgan fingerprint density at radius 1 is 1.15 bits per heavy atom. The van der Waals surface area contributed by atoms with E-state index in [2.05, 4.69) is 45.1 Å². The average molecular weight is 551 g/mol. The molecule has 4 rings (SSSR count). The maximum atomic E-state index is 12.6. The molecule has 3 N–H and O–H groups in total. The second kappa shape index (κ2) is 14.5. The van der Waals surface area contributed by atoms with E-state index in [0.717, 1.165) is 104 Å². The highest BCUT2D eigenvalue weighted by Crippen LogP contribution is 2.23. The Morgan fingerprint density at radius 3 is 2.79 bits per heavy atom. The fraction of sp³-hybridized carbons (Fsp3) is 0.500. The van der Waals surface area contributed by atoms with Crippen LogP contribution in [0.4, 0.5) is 5.82 Å². The Labute approximate surface area is 236 Å². The summed E-state index contributed by atoms with van der Waals surface area (Å²) in [6.45, 7) is 10.4. The quantitative estimate of drug-likeness (QED) is 0.217. The van der Waals surface area contributed by atoms with Gasteiger partial charge in [0.2, 0.25) is 0 Å². The number of rotatable bonds is 14. The summed E-state index contributed by atoms with van der Waals surface area (Å²) in [5.74, 6) is 0.681. The molecule has 9 heteroatoms. The van der Waals surface area contributed by atoms with Crippen LogP contribution in [0.25, 0.3) is 0 Å². The average Bonchev–Trinajstić information content (AvgIpc) is 3.27. The Morgan fingerprint density at radius 2 is 2.00 bits per heavy atom. The largest absolute Gasteiger partial charge is 0.385 e. The highest BCUT2D eigenvalue weighted by Gasteiger charge is 2.19. The van der Waals surface area contributed by atoms with Gasteiger partial charge in [0.15, 0.2) is 0 Å². The molecule has 0 saturated heterocycles. The molecule has 39 heavy (non-hydrogen) atoms. The zero-order valence-corrected chi connectivity index (χ0v) is 24.3. The van der Waals surface area contributed by atoms with Gasteiger partial charge in [-0.25, -0.2) is 9.78 Å². The van der Waals surface area contributed by atoms with Crippen molar-refractivity contribution >= 4 is 23.8 Å². The van der Waals surface area contributed by atoms with Gasteiger partial charge in [0.1, 0.15) is 11.9 Å². The molecule has 0 unspecified atom stereocenters. The predicted molar refractivity (Wildman–Crippen MR) is 158 cm³/mol. The van der Waals surface area contributed by atoms with E-state index in [1.165, 1.54) is 12.0 Å². The number of fused-ring (bicyclic) bond motifs is 1. The van der Waals surface area contributed by atoms with E-state index >= 15 is 0 Å². The number of benzene rings is 1. The fourth-order valence-corrected chi connectivity index (χ4v) is 5.49. The van der Waals surface area contributed by atoms with Crippen LogP contribution in [0.1, 0.15) is 53.9 Å². The van der Waals surface area contributed by atoms with Crippen LogP contribution in [-0.4, -0.2) is 57.9 Å². The van der Waals surface area contributed by atoms with Crippen LogP contribution in [0.2, 0.25) is 0 Å². The Balaban J connectivity index is 1.26. The van der Waals surface area contributed by atoms with Crippen molar-refractivity contribution in [2.24, 2.45) is 5.73 Å². The van der Waals surface area contributed by atoms with Crippen molar-refractivity contribution in [2.75, 3.05) is 31.5 Å². The minimum atomic E-state index is -0.662. The monoisotopic (exact) mass is 550 g/mol. The van der Waals surface area contributed by atoms with Crippen molar-refractivity contribution in [3.8, 4) is 0 Å². The molecule has 0 spiro atoms. The SMILES string of the molecule is Cc1cc(C)n(CCN(CCCCc2ccc3c(n2)NCCC3)CC[C@H](N)C(=O)OSc2ccccc2C)n1. The summed E-state index contributed by atoms with van der Waals surface area (Å²) in [4.78, 5) is 20.7. The normalized spacial score (nSPS) is 13.7. The number of carbonyl (C=O) groups is 1. The van der Waals surface area contributed by atoms with Crippen molar-refractivity contribution in [1.82, 2.24) is 19.7 Å². The molecule has 2 aromatic heterocycles. The van der Waals surface area contributed by atoms with E-state index < -0.39 is 6.04 Å². The van der Waals surface area contributed by atoms with Gasteiger partial charge < -0.3 is 20.1 Å². The first-order chi connectivity index (χ1) is 18.9. The standard InChI is InChI=1S/C30H42N6O2S/c1-22-9-4-5-12-28(22)39-38-30(37)27(31)15-18-35(19-20-36-24(3)21-23(2)34-36)17-7-6-11-26-14-13-25-10-8-16-32-29(25)33-26/h4-5,9,12-14,21,27H,6-8,10-11,15-20,31H2,1-3H3,(H,32,33)/t27-/m0/s1. The van der Waals surface area contributed by atoms with E-state index in [9.17, 15) is 4.79 Å². The van der Waals surface area contributed by atoms with E-state index in [4.69, 9.17) is 14.9 Å². The summed E-state index contributed by atoms with van der Waals surface area (Å²) in [7, 11) is 0. The highest BCUT2D eigenvalue weighted by molar-refractivity contribution is 7.95. The Bertz CT molecular complexity index is 1230. The predicted octanol–water partition coefficient (Wildman–Crippen LogP) is 4.85. The van der Waals surface area contributed by atoms with Crippen molar-refractivity contribution in [3.63, 3.8) is 0 Å². The van der Waals surface area contributed by atoms with Crippen LogP contribution in [0, 0.1) is 20.8 Å². The summed E-state index contributed by atoms with van der Waals surface area (Å²) in [5, 5.41) is 8.04. The van der Waals surface area contributed by atoms with Gasteiger partial charge in [-0.1, -0.05) is 24.3 Å². The number of hydrogen-bond acceptors (Lipinski definition) is 8. The van der Waals surface area contributed by atoms with Gasteiger partial charge in [0.25, 0.3) is 0 Å². The topological polar surface area (TPSA) is 98.3 Å². The number of hydrogen-bond donors (Lipinski definition) is 2. The molecule has 0 aliphatic carbocycles. The number of unbranched alkanes of at least 4 members (excludes halogenated alkanes) is 1. The van der Waals surface area contributed by atoms with Gasteiger partial charge in [-0.2, -0.15) is 5.10 Å². The number of nitrogens with one attached hydrogen (secondary N) is 1. The number of aryl methyl sites for hydroxylation is 5. The van der Waals surface area contributed by atoms with Crippen LogP contribution in [0.5, 0.6) is 0 Å². The zero-order valence-electron chi connectivity index (χ0n) is 23.5. The van der Waals surface area contributed by atoms with Crippen molar-refractivity contribution < 1.29 is 8.98 Å². The van der Waals surface area contributed by atoms with Crippen LogP contribution >= 0.6 is 12.0 Å². The van der Waals surface area contributed by atoms with Crippen LogP contribution in [0.3, 0.4) is 0 Å². The lowest BCUT2D eigenvalue weighted by Gasteiger charge is -2.24. The molecule has 1 aliphatic rings.